The standard InChI is InChI=1S/C14H18BrNO3/c15-11-3-5-13(6-4-11)19-9-7-14(18)16-8-1-2-12(16)10-17/h3-6,12,17H,1-2,7-10H2/t12-/m1/s1. The van der Waals surface area contributed by atoms with Crippen molar-refractivity contribution in [3.63, 3.8) is 0 Å². The summed E-state index contributed by atoms with van der Waals surface area (Å²) < 4.78 is 6.53. The maximum atomic E-state index is 12.0. The fraction of sp³-hybridized carbons (Fsp3) is 0.500. The van der Waals surface area contributed by atoms with Crippen molar-refractivity contribution in [1.82, 2.24) is 4.90 Å². The summed E-state index contributed by atoms with van der Waals surface area (Å²) in [6.07, 6.45) is 2.23. The van der Waals surface area contributed by atoms with Crippen molar-refractivity contribution in [2.24, 2.45) is 0 Å². The highest BCUT2D eigenvalue weighted by atomic mass is 79.9. The molecule has 0 radical (unpaired) electrons. The number of hydrogen-bond acceptors (Lipinski definition) is 3. The van der Waals surface area contributed by atoms with Gasteiger partial charge in [-0.2, -0.15) is 0 Å². The number of aliphatic hydroxyl groups is 1. The lowest BCUT2D eigenvalue weighted by Gasteiger charge is -2.23. The lowest BCUT2D eigenvalue weighted by molar-refractivity contribution is -0.133. The number of benzene rings is 1. The Labute approximate surface area is 121 Å². The van der Waals surface area contributed by atoms with E-state index >= 15 is 0 Å². The zero-order valence-electron chi connectivity index (χ0n) is 10.7. The molecule has 19 heavy (non-hydrogen) atoms. The topological polar surface area (TPSA) is 49.8 Å². The van der Waals surface area contributed by atoms with Crippen LogP contribution in [0.25, 0.3) is 0 Å². The molecule has 1 amide bonds. The molecule has 5 heteroatoms. The molecule has 1 aliphatic rings. The summed E-state index contributed by atoms with van der Waals surface area (Å²) in [6, 6.07) is 7.53. The van der Waals surface area contributed by atoms with Crippen molar-refractivity contribution in [1.29, 1.82) is 0 Å². The number of ether oxygens (including phenoxy) is 1. The predicted octanol–water partition coefficient (Wildman–Crippen LogP) is 2.20. The molecule has 104 valence electrons. The van der Waals surface area contributed by atoms with Crippen LogP contribution in [0.1, 0.15) is 19.3 Å². The number of halogens is 1. The van der Waals surface area contributed by atoms with Gasteiger partial charge in [0.25, 0.3) is 0 Å². The molecule has 1 aromatic carbocycles. The van der Waals surface area contributed by atoms with Crippen LogP contribution >= 0.6 is 15.9 Å². The average molecular weight is 328 g/mol. The van der Waals surface area contributed by atoms with E-state index in [9.17, 15) is 9.90 Å². The van der Waals surface area contributed by atoms with Crippen LogP contribution in [-0.4, -0.2) is 41.7 Å². The highest BCUT2D eigenvalue weighted by Gasteiger charge is 2.27. The summed E-state index contributed by atoms with van der Waals surface area (Å²) in [7, 11) is 0. The minimum absolute atomic E-state index is 0.000167. The van der Waals surface area contributed by atoms with Crippen molar-refractivity contribution >= 4 is 21.8 Å². The minimum atomic E-state index is 0.000167. The molecule has 1 saturated heterocycles. The van der Waals surface area contributed by atoms with E-state index in [4.69, 9.17) is 4.74 Å². The van der Waals surface area contributed by atoms with E-state index in [1.54, 1.807) is 4.90 Å². The zero-order chi connectivity index (χ0) is 13.7. The molecular weight excluding hydrogens is 310 g/mol. The van der Waals surface area contributed by atoms with Crippen molar-refractivity contribution < 1.29 is 14.6 Å². The second kappa shape index (κ2) is 6.91. The highest BCUT2D eigenvalue weighted by Crippen LogP contribution is 2.19. The maximum Gasteiger partial charge on any atom is 0.226 e. The van der Waals surface area contributed by atoms with E-state index in [1.807, 2.05) is 24.3 Å². The Kier molecular flexibility index (Phi) is 5.22. The number of aliphatic hydroxyl groups excluding tert-OH is 1. The van der Waals surface area contributed by atoms with Gasteiger partial charge in [-0.25, -0.2) is 0 Å². The number of nitrogens with zero attached hydrogens (tertiary/aromatic N) is 1. The minimum Gasteiger partial charge on any atom is -0.493 e. The molecule has 0 bridgehead atoms. The van der Waals surface area contributed by atoms with Crippen LogP contribution in [0.4, 0.5) is 0 Å². The lowest BCUT2D eigenvalue weighted by Crippen LogP contribution is -2.38. The number of carbonyl (C=O) groups excluding carboxylic acids is 1. The summed E-state index contributed by atoms with van der Waals surface area (Å²) >= 11 is 3.36. The number of likely N-dealkylation sites (tertiary alicyclic amines) is 1. The van der Waals surface area contributed by atoms with Gasteiger partial charge in [0.2, 0.25) is 5.91 Å². The Morgan fingerprint density at radius 2 is 2.16 bits per heavy atom. The quantitative estimate of drug-likeness (QED) is 0.902. The maximum absolute atomic E-state index is 12.0. The van der Waals surface area contributed by atoms with Gasteiger partial charge in [0.15, 0.2) is 0 Å². The summed E-state index contributed by atoms with van der Waals surface area (Å²) in [6.45, 7) is 1.18. The van der Waals surface area contributed by atoms with Gasteiger partial charge in [-0.1, -0.05) is 15.9 Å². The average Bonchev–Trinajstić information content (AvgIpc) is 2.89. The molecular formula is C14H18BrNO3. The van der Waals surface area contributed by atoms with Gasteiger partial charge >= 0.3 is 0 Å². The molecule has 1 atom stereocenters. The van der Waals surface area contributed by atoms with E-state index < -0.39 is 0 Å². The van der Waals surface area contributed by atoms with Crippen LogP contribution in [-0.2, 0) is 4.79 Å². The molecule has 1 fully saturated rings. The fourth-order valence-corrected chi connectivity index (χ4v) is 2.55. The normalized spacial score (nSPS) is 18.6. The van der Waals surface area contributed by atoms with Gasteiger partial charge in [0.1, 0.15) is 5.75 Å². The van der Waals surface area contributed by atoms with Gasteiger partial charge in [-0.3, -0.25) is 4.79 Å². The van der Waals surface area contributed by atoms with Crippen LogP contribution in [0.3, 0.4) is 0 Å². The molecule has 0 spiro atoms. The third-order valence-corrected chi connectivity index (χ3v) is 3.84. The van der Waals surface area contributed by atoms with E-state index in [2.05, 4.69) is 15.9 Å². The molecule has 2 rings (SSSR count). The van der Waals surface area contributed by atoms with Crippen LogP contribution in [0.5, 0.6) is 5.75 Å². The van der Waals surface area contributed by atoms with E-state index in [1.165, 1.54) is 0 Å². The number of amides is 1. The molecule has 1 aromatic rings. The second-order valence-electron chi connectivity index (χ2n) is 4.62. The van der Waals surface area contributed by atoms with Gasteiger partial charge < -0.3 is 14.7 Å². The van der Waals surface area contributed by atoms with E-state index in [0.717, 1.165) is 29.6 Å². The SMILES string of the molecule is O=C(CCOc1ccc(Br)cc1)N1CCC[C@@H]1CO. The van der Waals surface area contributed by atoms with E-state index in [0.29, 0.717) is 13.0 Å². The highest BCUT2D eigenvalue weighted by molar-refractivity contribution is 9.10. The molecule has 0 unspecified atom stereocenters. The molecule has 4 nitrogen and oxygen atoms in total. The number of carbonyl (C=O) groups is 1. The van der Waals surface area contributed by atoms with E-state index in [-0.39, 0.29) is 18.6 Å². The Hall–Kier alpha value is -1.07. The Balaban J connectivity index is 1.76. The van der Waals surface area contributed by atoms with Crippen LogP contribution in [0.2, 0.25) is 0 Å². The van der Waals surface area contributed by atoms with Gasteiger partial charge in [0, 0.05) is 11.0 Å². The first-order valence-corrected chi connectivity index (χ1v) is 7.28. The van der Waals surface area contributed by atoms with Crippen LogP contribution in [0, 0.1) is 0 Å². The fourth-order valence-electron chi connectivity index (χ4n) is 2.28. The Bertz CT molecular complexity index is 421. The van der Waals surface area contributed by atoms with Crippen molar-refractivity contribution in [2.75, 3.05) is 19.8 Å². The molecule has 0 aliphatic carbocycles. The van der Waals surface area contributed by atoms with Crippen LogP contribution < -0.4 is 4.74 Å². The summed E-state index contributed by atoms with van der Waals surface area (Å²) in [5.74, 6) is 0.824. The largest absolute Gasteiger partial charge is 0.493 e. The smallest absolute Gasteiger partial charge is 0.226 e. The summed E-state index contributed by atoms with van der Waals surface area (Å²) in [5.41, 5.74) is 0. The predicted molar refractivity (Wildman–Crippen MR) is 76.1 cm³/mol. The van der Waals surface area contributed by atoms with Crippen LogP contribution in [0.15, 0.2) is 28.7 Å². The van der Waals surface area contributed by atoms with Crippen molar-refractivity contribution in [3.8, 4) is 5.75 Å². The first-order chi connectivity index (χ1) is 9.20. The molecule has 0 saturated carbocycles. The first-order valence-electron chi connectivity index (χ1n) is 6.49. The summed E-state index contributed by atoms with van der Waals surface area (Å²) in [4.78, 5) is 13.8. The molecule has 1 aliphatic heterocycles. The third-order valence-electron chi connectivity index (χ3n) is 3.31. The van der Waals surface area contributed by atoms with Gasteiger partial charge in [-0.15, -0.1) is 0 Å². The molecule has 1 N–H and O–H groups in total. The zero-order valence-corrected chi connectivity index (χ0v) is 12.3. The van der Waals surface area contributed by atoms with Crippen molar-refractivity contribution in [2.45, 2.75) is 25.3 Å². The van der Waals surface area contributed by atoms with Crippen molar-refractivity contribution in [3.05, 3.63) is 28.7 Å². The number of rotatable bonds is 5. The Morgan fingerprint density at radius 1 is 1.42 bits per heavy atom. The summed E-state index contributed by atoms with van der Waals surface area (Å²) in [5, 5.41) is 9.19. The Morgan fingerprint density at radius 3 is 2.84 bits per heavy atom. The molecule has 0 aromatic heterocycles. The lowest BCUT2D eigenvalue weighted by atomic mass is 10.2. The monoisotopic (exact) mass is 327 g/mol. The molecule has 1 heterocycles. The second-order valence-corrected chi connectivity index (χ2v) is 5.53. The van der Waals surface area contributed by atoms with Gasteiger partial charge in [-0.05, 0) is 37.1 Å². The number of hydrogen-bond donors (Lipinski definition) is 1. The van der Waals surface area contributed by atoms with Gasteiger partial charge in [0.05, 0.1) is 25.7 Å². The first kappa shape index (κ1) is 14.3. The third kappa shape index (κ3) is 3.94.